The zero-order valence-electron chi connectivity index (χ0n) is 16.5. The van der Waals surface area contributed by atoms with E-state index in [0.717, 1.165) is 25.1 Å². The van der Waals surface area contributed by atoms with Crippen LogP contribution in [0.4, 0.5) is 11.4 Å². The highest BCUT2D eigenvalue weighted by molar-refractivity contribution is 6.33. The van der Waals surface area contributed by atoms with Gasteiger partial charge >= 0.3 is 0 Å². The molecule has 0 aromatic heterocycles. The molecule has 1 heterocycles. The quantitative estimate of drug-likeness (QED) is 0.565. The second-order valence-electron chi connectivity index (χ2n) is 8.27. The standard InChI is InChI=1S/C19H29ClN4O3/c1-19(2,13-22(3)4)12-21-18(25)14-7-9-23(10-8-14)17-6-5-15(24(26)27)11-16(17)20/h5-6,11,14H,7-10,12-13H2,1-4H3,(H,21,25). The number of nitrogens with one attached hydrogen (secondary N) is 1. The van der Waals surface area contributed by atoms with Crippen molar-refractivity contribution in [1.29, 1.82) is 0 Å². The average Bonchev–Trinajstić information content (AvgIpc) is 2.58. The van der Waals surface area contributed by atoms with Crippen molar-refractivity contribution in [3.8, 4) is 0 Å². The lowest BCUT2D eigenvalue weighted by Crippen LogP contribution is -2.45. The number of halogens is 1. The van der Waals surface area contributed by atoms with Crippen molar-refractivity contribution in [2.75, 3.05) is 45.2 Å². The maximum atomic E-state index is 12.5. The molecule has 8 heteroatoms. The van der Waals surface area contributed by atoms with Crippen molar-refractivity contribution < 1.29 is 9.72 Å². The van der Waals surface area contributed by atoms with Gasteiger partial charge in [0.25, 0.3) is 5.69 Å². The fourth-order valence-electron chi connectivity index (χ4n) is 3.63. The van der Waals surface area contributed by atoms with Crippen molar-refractivity contribution in [3.05, 3.63) is 33.3 Å². The Hall–Kier alpha value is -1.86. The minimum absolute atomic E-state index is 0.00627. The first-order chi connectivity index (χ1) is 12.6. The average molecular weight is 397 g/mol. The lowest BCUT2D eigenvalue weighted by atomic mass is 9.91. The van der Waals surface area contributed by atoms with Crippen LogP contribution in [-0.2, 0) is 4.79 Å². The number of benzene rings is 1. The van der Waals surface area contributed by atoms with Crippen LogP contribution in [0.25, 0.3) is 0 Å². The summed E-state index contributed by atoms with van der Waals surface area (Å²) < 4.78 is 0. The lowest BCUT2D eigenvalue weighted by Gasteiger charge is -2.34. The van der Waals surface area contributed by atoms with Gasteiger partial charge in [-0.2, -0.15) is 0 Å². The van der Waals surface area contributed by atoms with Gasteiger partial charge in [0.15, 0.2) is 0 Å². The summed E-state index contributed by atoms with van der Waals surface area (Å²) in [5.74, 6) is 0.101. The summed E-state index contributed by atoms with van der Waals surface area (Å²) in [5, 5.41) is 14.3. The van der Waals surface area contributed by atoms with Gasteiger partial charge in [-0.25, -0.2) is 0 Å². The molecule has 1 saturated heterocycles. The van der Waals surface area contributed by atoms with Crippen LogP contribution < -0.4 is 10.2 Å². The molecule has 0 saturated carbocycles. The van der Waals surface area contributed by atoms with E-state index < -0.39 is 4.92 Å². The van der Waals surface area contributed by atoms with E-state index in [2.05, 4.69) is 29.0 Å². The van der Waals surface area contributed by atoms with Gasteiger partial charge in [0, 0.05) is 44.2 Å². The normalized spacial score (nSPS) is 15.9. The minimum atomic E-state index is -0.454. The number of rotatable bonds is 7. The van der Waals surface area contributed by atoms with Crippen molar-refractivity contribution in [2.24, 2.45) is 11.3 Å². The molecule has 1 N–H and O–H groups in total. The van der Waals surface area contributed by atoms with E-state index >= 15 is 0 Å². The molecule has 0 unspecified atom stereocenters. The molecule has 1 fully saturated rings. The number of carbonyl (C=O) groups excluding carboxylic acids is 1. The molecule has 0 atom stereocenters. The first-order valence-corrected chi connectivity index (χ1v) is 9.58. The Morgan fingerprint density at radius 3 is 2.52 bits per heavy atom. The largest absolute Gasteiger partial charge is 0.370 e. The second kappa shape index (κ2) is 8.89. The molecule has 27 heavy (non-hydrogen) atoms. The van der Waals surface area contributed by atoms with Gasteiger partial charge in [-0.05, 0) is 38.4 Å². The summed E-state index contributed by atoms with van der Waals surface area (Å²) in [6, 6.07) is 4.53. The zero-order chi connectivity index (χ0) is 20.2. The molecule has 0 spiro atoms. The maximum absolute atomic E-state index is 12.5. The molecular formula is C19H29ClN4O3. The van der Waals surface area contributed by atoms with Gasteiger partial charge in [0.2, 0.25) is 5.91 Å². The highest BCUT2D eigenvalue weighted by Crippen LogP contribution is 2.32. The second-order valence-corrected chi connectivity index (χ2v) is 8.68. The number of amides is 1. The van der Waals surface area contributed by atoms with Crippen LogP contribution in [0.2, 0.25) is 5.02 Å². The Balaban J connectivity index is 1.88. The van der Waals surface area contributed by atoms with E-state index in [1.807, 2.05) is 14.1 Å². The monoisotopic (exact) mass is 396 g/mol. The number of hydrogen-bond donors (Lipinski definition) is 1. The Morgan fingerprint density at radius 1 is 1.37 bits per heavy atom. The van der Waals surface area contributed by atoms with E-state index in [0.29, 0.717) is 24.7 Å². The molecule has 0 radical (unpaired) electrons. The van der Waals surface area contributed by atoms with E-state index in [1.54, 1.807) is 6.07 Å². The van der Waals surface area contributed by atoms with Gasteiger partial charge in [-0.1, -0.05) is 25.4 Å². The highest BCUT2D eigenvalue weighted by atomic mass is 35.5. The SMILES string of the molecule is CN(C)CC(C)(C)CNC(=O)C1CCN(c2ccc([N+](=O)[O-])cc2Cl)CC1. The lowest BCUT2D eigenvalue weighted by molar-refractivity contribution is -0.384. The Labute approximate surface area is 165 Å². The van der Waals surface area contributed by atoms with Crippen LogP contribution in [0.3, 0.4) is 0 Å². The number of piperidine rings is 1. The molecule has 0 bridgehead atoms. The van der Waals surface area contributed by atoms with E-state index in [1.165, 1.54) is 12.1 Å². The van der Waals surface area contributed by atoms with E-state index in [9.17, 15) is 14.9 Å². The molecule has 7 nitrogen and oxygen atoms in total. The zero-order valence-corrected chi connectivity index (χ0v) is 17.3. The van der Waals surface area contributed by atoms with E-state index in [4.69, 9.17) is 11.6 Å². The third kappa shape index (κ3) is 6.07. The third-order valence-electron chi connectivity index (χ3n) is 4.83. The smallest absolute Gasteiger partial charge is 0.271 e. The summed E-state index contributed by atoms with van der Waals surface area (Å²) in [6.45, 7) is 7.26. The molecule has 1 aliphatic rings. The topological polar surface area (TPSA) is 78.7 Å². The van der Waals surface area contributed by atoms with Gasteiger partial charge in [0.1, 0.15) is 0 Å². The number of nitrogens with zero attached hydrogens (tertiary/aromatic N) is 3. The van der Waals surface area contributed by atoms with Crippen molar-refractivity contribution in [1.82, 2.24) is 10.2 Å². The fraction of sp³-hybridized carbons (Fsp3) is 0.632. The maximum Gasteiger partial charge on any atom is 0.271 e. The van der Waals surface area contributed by atoms with Crippen LogP contribution in [-0.4, -0.2) is 56.0 Å². The van der Waals surface area contributed by atoms with Crippen LogP contribution in [0.5, 0.6) is 0 Å². The summed E-state index contributed by atoms with van der Waals surface area (Å²) in [7, 11) is 4.06. The first kappa shape index (κ1) is 21.4. The summed E-state index contributed by atoms with van der Waals surface area (Å²) >= 11 is 6.22. The molecule has 1 aromatic rings. The number of nitro benzene ring substituents is 1. The van der Waals surface area contributed by atoms with Gasteiger partial charge < -0.3 is 15.1 Å². The van der Waals surface area contributed by atoms with Gasteiger partial charge in [0.05, 0.1) is 15.6 Å². The van der Waals surface area contributed by atoms with Crippen LogP contribution >= 0.6 is 11.6 Å². The molecule has 150 valence electrons. The van der Waals surface area contributed by atoms with E-state index in [-0.39, 0.29) is 22.9 Å². The van der Waals surface area contributed by atoms with Crippen molar-refractivity contribution in [3.63, 3.8) is 0 Å². The minimum Gasteiger partial charge on any atom is -0.370 e. The van der Waals surface area contributed by atoms with Crippen LogP contribution in [0.1, 0.15) is 26.7 Å². The van der Waals surface area contributed by atoms with Crippen molar-refractivity contribution >= 4 is 28.9 Å². The molecule has 2 rings (SSSR count). The Morgan fingerprint density at radius 2 is 2.00 bits per heavy atom. The predicted molar refractivity (Wildman–Crippen MR) is 108 cm³/mol. The number of non-ortho nitro benzene ring substituents is 1. The number of carbonyl (C=O) groups is 1. The predicted octanol–water partition coefficient (Wildman–Crippen LogP) is 3.17. The summed E-state index contributed by atoms with van der Waals surface area (Å²) in [4.78, 5) is 27.1. The number of anilines is 1. The molecule has 1 aromatic carbocycles. The van der Waals surface area contributed by atoms with Crippen molar-refractivity contribution in [2.45, 2.75) is 26.7 Å². The molecule has 1 aliphatic heterocycles. The summed E-state index contributed by atoms with van der Waals surface area (Å²) in [5.41, 5.74) is 0.790. The highest BCUT2D eigenvalue weighted by Gasteiger charge is 2.28. The van der Waals surface area contributed by atoms with Crippen LogP contribution in [0.15, 0.2) is 18.2 Å². The third-order valence-corrected chi connectivity index (χ3v) is 5.14. The van der Waals surface area contributed by atoms with Gasteiger partial charge in [-0.3, -0.25) is 14.9 Å². The summed E-state index contributed by atoms with van der Waals surface area (Å²) in [6.07, 6.45) is 1.49. The number of nitro groups is 1. The first-order valence-electron chi connectivity index (χ1n) is 9.20. The Kier molecular flexibility index (Phi) is 7.06. The molecule has 0 aliphatic carbocycles. The fourth-order valence-corrected chi connectivity index (χ4v) is 3.93. The molecule has 1 amide bonds. The molecular weight excluding hydrogens is 368 g/mol. The van der Waals surface area contributed by atoms with Crippen LogP contribution in [0, 0.1) is 21.4 Å². The Bertz CT molecular complexity index is 686. The van der Waals surface area contributed by atoms with Gasteiger partial charge in [-0.15, -0.1) is 0 Å². The number of hydrogen-bond acceptors (Lipinski definition) is 5.